The van der Waals surface area contributed by atoms with Gasteiger partial charge in [-0.2, -0.15) is 0 Å². The van der Waals surface area contributed by atoms with Crippen LogP contribution in [0, 0.1) is 5.92 Å². The van der Waals surface area contributed by atoms with Crippen LogP contribution < -0.4 is 0 Å². The van der Waals surface area contributed by atoms with E-state index >= 15 is 0 Å². The molecule has 0 heterocycles. The number of hydrogen-bond acceptors (Lipinski definition) is 0. The Labute approximate surface area is 135 Å². The van der Waals surface area contributed by atoms with Gasteiger partial charge in [-0.25, -0.2) is 0 Å². The van der Waals surface area contributed by atoms with E-state index in [0.29, 0.717) is 5.92 Å². The first-order valence-electron chi connectivity index (χ1n) is 7.52. The Kier molecular flexibility index (Phi) is 8.32. The van der Waals surface area contributed by atoms with E-state index in [4.69, 9.17) is 0 Å². The molecule has 0 radical (unpaired) electrons. The molecule has 2 heteroatoms. The van der Waals surface area contributed by atoms with Gasteiger partial charge in [-0.05, 0) is 17.9 Å². The van der Waals surface area contributed by atoms with Crippen molar-refractivity contribution in [3.63, 3.8) is 0 Å². The van der Waals surface area contributed by atoms with Gasteiger partial charge in [0.2, 0.25) is 0 Å². The Morgan fingerprint density at radius 3 is 2.16 bits per heavy atom. The summed E-state index contributed by atoms with van der Waals surface area (Å²) in [7, 11) is 0. The van der Waals surface area contributed by atoms with Crippen molar-refractivity contribution in [3.05, 3.63) is 35.9 Å². The summed E-state index contributed by atoms with van der Waals surface area (Å²) in [5.41, 5.74) is 1.31. The molecular formula is C17H26Br2. The second-order valence-electron chi connectivity index (χ2n) is 5.45. The molecule has 1 unspecified atom stereocenters. The third kappa shape index (κ3) is 5.99. The molecule has 0 N–H and O–H groups in total. The first kappa shape index (κ1) is 17.2. The summed E-state index contributed by atoms with van der Waals surface area (Å²) in [5.74, 6) is 0.584. The van der Waals surface area contributed by atoms with Crippen molar-refractivity contribution in [1.82, 2.24) is 0 Å². The lowest BCUT2D eigenvalue weighted by Crippen LogP contribution is -2.19. The van der Waals surface area contributed by atoms with Crippen molar-refractivity contribution in [2.75, 3.05) is 0 Å². The number of unbranched alkanes of at least 4 members (excludes halogenated alkanes) is 5. The Morgan fingerprint density at radius 1 is 0.947 bits per heavy atom. The lowest BCUT2D eigenvalue weighted by Gasteiger charge is -2.28. The Bertz CT molecular complexity index is 332. The van der Waals surface area contributed by atoms with E-state index in [9.17, 15) is 0 Å². The number of benzene rings is 1. The maximum absolute atomic E-state index is 3.87. The zero-order chi connectivity index (χ0) is 14.1. The van der Waals surface area contributed by atoms with E-state index in [0.717, 1.165) is 0 Å². The van der Waals surface area contributed by atoms with E-state index in [1.807, 2.05) is 0 Å². The van der Waals surface area contributed by atoms with Crippen LogP contribution in [0.4, 0.5) is 0 Å². The number of hydrogen-bond donors (Lipinski definition) is 0. The summed E-state index contributed by atoms with van der Waals surface area (Å²) in [6.45, 7) is 4.59. The van der Waals surface area contributed by atoms with Crippen LogP contribution in [-0.4, -0.2) is 0 Å². The highest BCUT2D eigenvalue weighted by atomic mass is 79.9. The average molecular weight is 390 g/mol. The minimum absolute atomic E-state index is 0.0787. The second kappa shape index (κ2) is 9.18. The van der Waals surface area contributed by atoms with Crippen LogP contribution in [0.5, 0.6) is 0 Å². The van der Waals surface area contributed by atoms with E-state index in [-0.39, 0.29) is 3.23 Å². The van der Waals surface area contributed by atoms with Gasteiger partial charge in [0.05, 0.1) is 0 Å². The zero-order valence-corrected chi connectivity index (χ0v) is 15.3. The fraction of sp³-hybridized carbons (Fsp3) is 0.647. The second-order valence-corrected chi connectivity index (χ2v) is 9.01. The normalized spacial score (nSPS) is 13.5. The fourth-order valence-electron chi connectivity index (χ4n) is 2.36. The van der Waals surface area contributed by atoms with E-state index < -0.39 is 0 Å². The number of halogens is 2. The maximum Gasteiger partial charge on any atom is 0.108 e. The summed E-state index contributed by atoms with van der Waals surface area (Å²) >= 11 is 7.73. The van der Waals surface area contributed by atoms with Crippen molar-refractivity contribution in [2.24, 2.45) is 5.92 Å². The molecule has 19 heavy (non-hydrogen) atoms. The lowest BCUT2D eigenvalue weighted by molar-refractivity contribution is 0.463. The summed E-state index contributed by atoms with van der Waals surface area (Å²) in [4.78, 5) is 0. The summed E-state index contributed by atoms with van der Waals surface area (Å²) < 4.78 is -0.0787. The van der Waals surface area contributed by atoms with Crippen LogP contribution in [0.25, 0.3) is 0 Å². The lowest BCUT2D eigenvalue weighted by atomic mass is 9.95. The predicted molar refractivity (Wildman–Crippen MR) is 93.1 cm³/mol. The number of alkyl halides is 2. The molecule has 0 aliphatic heterocycles. The fourth-order valence-corrected chi connectivity index (χ4v) is 3.34. The largest absolute Gasteiger partial charge is 0.108 e. The smallest absolute Gasteiger partial charge is 0.0671 e. The van der Waals surface area contributed by atoms with Crippen LogP contribution in [0.15, 0.2) is 30.3 Å². The summed E-state index contributed by atoms with van der Waals surface area (Å²) in [5, 5.41) is 0. The van der Waals surface area contributed by atoms with Gasteiger partial charge in [-0.3, -0.25) is 0 Å². The zero-order valence-electron chi connectivity index (χ0n) is 12.2. The predicted octanol–water partition coefficient (Wildman–Crippen LogP) is 7.02. The minimum Gasteiger partial charge on any atom is -0.0671 e. The van der Waals surface area contributed by atoms with Crippen molar-refractivity contribution >= 4 is 31.9 Å². The van der Waals surface area contributed by atoms with Crippen molar-refractivity contribution in [2.45, 2.75) is 62.0 Å². The SMILES string of the molecule is CCCCCCCCC(C)C(Br)(Br)c1ccccc1. The molecular weight excluding hydrogens is 364 g/mol. The van der Waals surface area contributed by atoms with Crippen LogP contribution in [0.2, 0.25) is 0 Å². The molecule has 1 atom stereocenters. The minimum atomic E-state index is -0.0787. The van der Waals surface area contributed by atoms with Gasteiger partial charge in [0.25, 0.3) is 0 Å². The highest BCUT2D eigenvalue weighted by Crippen LogP contribution is 2.46. The Balaban J connectivity index is 2.34. The molecule has 108 valence electrons. The molecule has 0 bridgehead atoms. The Morgan fingerprint density at radius 2 is 1.53 bits per heavy atom. The first-order chi connectivity index (χ1) is 9.09. The van der Waals surface area contributed by atoms with Crippen LogP contribution in [0.1, 0.15) is 64.4 Å². The Hall–Kier alpha value is 0.180. The monoisotopic (exact) mass is 388 g/mol. The molecule has 1 aromatic rings. The highest BCUT2D eigenvalue weighted by Gasteiger charge is 2.31. The molecule has 1 aromatic carbocycles. The van der Waals surface area contributed by atoms with Gasteiger partial charge < -0.3 is 0 Å². The highest BCUT2D eigenvalue weighted by molar-refractivity contribution is 9.24. The average Bonchev–Trinajstić information content (AvgIpc) is 2.43. The van der Waals surface area contributed by atoms with Gasteiger partial charge >= 0.3 is 0 Å². The van der Waals surface area contributed by atoms with Crippen LogP contribution >= 0.6 is 31.9 Å². The molecule has 0 aliphatic rings. The molecule has 0 amide bonds. The third-order valence-electron chi connectivity index (χ3n) is 3.77. The summed E-state index contributed by atoms with van der Waals surface area (Å²) in [6.07, 6.45) is 9.47. The van der Waals surface area contributed by atoms with Crippen molar-refractivity contribution in [3.8, 4) is 0 Å². The third-order valence-corrected chi connectivity index (χ3v) is 6.25. The van der Waals surface area contributed by atoms with Gasteiger partial charge in [0.15, 0.2) is 0 Å². The number of rotatable bonds is 9. The molecule has 0 nitrogen and oxygen atoms in total. The standard InChI is InChI=1S/C17H26Br2/c1-3-4-5-6-7-9-12-15(2)17(18,19)16-13-10-8-11-14-16/h8,10-11,13-15H,3-7,9,12H2,1-2H3. The first-order valence-corrected chi connectivity index (χ1v) is 9.11. The van der Waals surface area contributed by atoms with E-state index in [1.54, 1.807) is 0 Å². The van der Waals surface area contributed by atoms with Crippen LogP contribution in [-0.2, 0) is 3.23 Å². The van der Waals surface area contributed by atoms with Crippen LogP contribution in [0.3, 0.4) is 0 Å². The molecule has 0 aliphatic carbocycles. The molecule has 0 saturated heterocycles. The van der Waals surface area contributed by atoms with Gasteiger partial charge in [-0.15, -0.1) is 0 Å². The topological polar surface area (TPSA) is 0 Å². The van der Waals surface area contributed by atoms with Crippen molar-refractivity contribution < 1.29 is 0 Å². The van der Waals surface area contributed by atoms with Gasteiger partial charge in [0, 0.05) is 0 Å². The molecule has 0 spiro atoms. The quantitative estimate of drug-likeness (QED) is 0.314. The van der Waals surface area contributed by atoms with Crippen molar-refractivity contribution in [1.29, 1.82) is 0 Å². The molecule has 0 aromatic heterocycles. The van der Waals surface area contributed by atoms with Gasteiger partial charge in [-0.1, -0.05) is 115 Å². The maximum atomic E-state index is 3.87. The van der Waals surface area contributed by atoms with E-state index in [1.165, 1.54) is 50.5 Å². The molecule has 1 rings (SSSR count). The molecule has 0 fully saturated rings. The summed E-state index contributed by atoms with van der Waals surface area (Å²) in [6, 6.07) is 10.6. The van der Waals surface area contributed by atoms with E-state index in [2.05, 4.69) is 76.0 Å². The van der Waals surface area contributed by atoms with Gasteiger partial charge in [0.1, 0.15) is 3.23 Å². The molecule has 0 saturated carbocycles.